The minimum Gasteiger partial charge on any atom is -0.443 e. The molecule has 0 bridgehead atoms. The normalized spacial score (nSPS) is 11.9. The van der Waals surface area contributed by atoms with E-state index < -0.39 is 11.7 Å². The van der Waals surface area contributed by atoms with Gasteiger partial charge in [-0.15, -0.1) is 0 Å². The lowest BCUT2D eigenvalue weighted by Crippen LogP contribution is -2.32. The van der Waals surface area contributed by atoms with Crippen molar-refractivity contribution in [1.82, 2.24) is 14.6 Å². The minimum atomic E-state index is -0.570. The van der Waals surface area contributed by atoms with E-state index in [1.54, 1.807) is 10.9 Å². The maximum Gasteiger partial charge on any atom is 0.427 e. The second-order valence-electron chi connectivity index (χ2n) is 6.88. The molecule has 1 aromatic carbocycles. The van der Waals surface area contributed by atoms with Crippen molar-refractivity contribution in [1.29, 1.82) is 0 Å². The third kappa shape index (κ3) is 3.76. The van der Waals surface area contributed by atoms with E-state index in [0.29, 0.717) is 0 Å². The zero-order chi connectivity index (χ0) is 18.2. The van der Waals surface area contributed by atoms with Gasteiger partial charge in [-0.3, -0.25) is 4.98 Å². The van der Waals surface area contributed by atoms with Gasteiger partial charge in [0, 0.05) is 16.3 Å². The molecule has 2 heterocycles. The second-order valence-corrected chi connectivity index (χ2v) is 7.80. The Balaban J connectivity index is 2.16. The number of carbonyl (C=O) groups excluding carboxylic acids is 1. The van der Waals surface area contributed by atoms with Gasteiger partial charge in [-0.05, 0) is 45.4 Å². The summed E-state index contributed by atoms with van der Waals surface area (Å²) in [6.45, 7) is 7.58. The Hall–Kier alpha value is -2.15. The molecule has 1 N–H and O–H groups in total. The molecule has 3 aromatic rings. The first kappa shape index (κ1) is 17.7. The third-order valence-electron chi connectivity index (χ3n) is 3.59. The summed E-state index contributed by atoms with van der Waals surface area (Å²) in [5.41, 5.74) is 4.67. The Morgan fingerprint density at radius 1 is 1.32 bits per heavy atom. The molecule has 0 saturated heterocycles. The van der Waals surface area contributed by atoms with Gasteiger partial charge in [-0.1, -0.05) is 22.9 Å². The Bertz CT molecular complexity index is 944. The number of halogens is 1. The van der Waals surface area contributed by atoms with Crippen molar-refractivity contribution in [3.8, 4) is 0 Å². The first-order chi connectivity index (χ1) is 11.8. The number of aryl methyl sites for hydroxylation is 1. The van der Waals surface area contributed by atoms with E-state index in [4.69, 9.17) is 4.74 Å². The molecule has 0 aliphatic heterocycles. The Morgan fingerprint density at radius 2 is 2.08 bits per heavy atom. The lowest BCUT2D eigenvalue weighted by molar-refractivity contribution is 0.0613. The first-order valence-electron chi connectivity index (χ1n) is 8.24. The molecule has 0 atom stereocenters. The highest BCUT2D eigenvalue weighted by Gasteiger charge is 2.20. The molecule has 0 aliphatic rings. The molecule has 6 nitrogen and oxygen atoms in total. The van der Waals surface area contributed by atoms with Crippen LogP contribution in [0.4, 0.5) is 4.79 Å². The van der Waals surface area contributed by atoms with Crippen LogP contribution in [0.2, 0.25) is 0 Å². The second kappa shape index (κ2) is 6.63. The number of aromatic nitrogens is 3. The van der Waals surface area contributed by atoms with Gasteiger partial charge < -0.3 is 4.74 Å². The van der Waals surface area contributed by atoms with Gasteiger partial charge in [-0.2, -0.15) is 0 Å². The van der Waals surface area contributed by atoms with E-state index >= 15 is 0 Å². The Morgan fingerprint density at radius 3 is 2.76 bits per heavy atom. The van der Waals surface area contributed by atoms with Gasteiger partial charge in [-0.25, -0.2) is 19.9 Å². The van der Waals surface area contributed by atoms with Crippen molar-refractivity contribution in [2.24, 2.45) is 0 Å². The van der Waals surface area contributed by atoms with Gasteiger partial charge in [0.1, 0.15) is 22.5 Å². The summed E-state index contributed by atoms with van der Waals surface area (Å²) in [4.78, 5) is 21.4. The summed E-state index contributed by atoms with van der Waals surface area (Å²) in [5.74, 6) is 0.778. The number of imidazole rings is 1. The molecular weight excluding hydrogens is 384 g/mol. The van der Waals surface area contributed by atoms with Crippen molar-refractivity contribution in [3.05, 3.63) is 34.7 Å². The van der Waals surface area contributed by atoms with E-state index in [1.807, 2.05) is 39.0 Å². The molecule has 0 fully saturated rings. The van der Waals surface area contributed by atoms with Crippen LogP contribution in [0, 0.1) is 0 Å². The number of rotatable bonds is 3. The molecule has 0 spiro atoms. The summed E-state index contributed by atoms with van der Waals surface area (Å²) in [5, 5.41) is 0.923. The van der Waals surface area contributed by atoms with E-state index in [2.05, 4.69) is 38.2 Å². The van der Waals surface area contributed by atoms with Crippen LogP contribution in [0.3, 0.4) is 0 Å². The number of carbonyl (C=O) groups is 1. The van der Waals surface area contributed by atoms with Gasteiger partial charge in [0.05, 0.1) is 11.7 Å². The highest BCUT2D eigenvalue weighted by molar-refractivity contribution is 9.10. The standard InChI is InChI=1S/C18H21BrN4O2/c1-5-6-15-21-14-10-20-13-9-11(19)7-8-12(13)16(14)23(15)22-17(24)25-18(2,3)4/h7-10H,5-6H2,1-4H3,(H,22,24). The molecule has 0 saturated carbocycles. The van der Waals surface area contributed by atoms with E-state index in [0.717, 1.165) is 45.1 Å². The highest BCUT2D eigenvalue weighted by Crippen LogP contribution is 2.27. The smallest absolute Gasteiger partial charge is 0.427 e. The lowest BCUT2D eigenvalue weighted by atomic mass is 10.2. The Kier molecular flexibility index (Phi) is 4.69. The number of amides is 1. The lowest BCUT2D eigenvalue weighted by Gasteiger charge is -2.20. The molecule has 25 heavy (non-hydrogen) atoms. The molecule has 7 heteroatoms. The van der Waals surface area contributed by atoms with E-state index in [1.165, 1.54) is 0 Å². The molecule has 0 aliphatic carbocycles. The predicted molar refractivity (Wildman–Crippen MR) is 102 cm³/mol. The average Bonchev–Trinajstić information content (AvgIpc) is 2.83. The van der Waals surface area contributed by atoms with Crippen LogP contribution in [0.1, 0.15) is 39.9 Å². The number of nitrogens with one attached hydrogen (secondary N) is 1. The van der Waals surface area contributed by atoms with Crippen LogP contribution in [0.15, 0.2) is 28.9 Å². The maximum absolute atomic E-state index is 12.3. The molecule has 0 unspecified atom stereocenters. The largest absolute Gasteiger partial charge is 0.443 e. The number of hydrogen-bond donors (Lipinski definition) is 1. The fourth-order valence-corrected chi connectivity index (χ4v) is 3.03. The van der Waals surface area contributed by atoms with Crippen molar-refractivity contribution in [2.75, 3.05) is 5.43 Å². The number of ether oxygens (including phenoxy) is 1. The van der Waals surface area contributed by atoms with Crippen LogP contribution < -0.4 is 5.43 Å². The summed E-state index contributed by atoms with van der Waals surface area (Å²) < 4.78 is 8.08. The molecule has 2 aromatic heterocycles. The minimum absolute atomic E-state index is 0.508. The molecular formula is C18H21BrN4O2. The SMILES string of the molecule is CCCc1nc2cnc3cc(Br)ccc3c2n1NC(=O)OC(C)(C)C. The summed E-state index contributed by atoms with van der Waals surface area (Å²) >= 11 is 3.47. The Labute approximate surface area is 154 Å². The summed E-state index contributed by atoms with van der Waals surface area (Å²) in [7, 11) is 0. The number of nitrogens with zero attached hydrogens (tertiary/aromatic N) is 3. The van der Waals surface area contributed by atoms with Crippen molar-refractivity contribution in [2.45, 2.75) is 46.1 Å². The van der Waals surface area contributed by atoms with Gasteiger partial charge in [0.15, 0.2) is 0 Å². The predicted octanol–water partition coefficient (Wildman–Crippen LogP) is 4.78. The highest BCUT2D eigenvalue weighted by atomic mass is 79.9. The number of benzene rings is 1. The average molecular weight is 405 g/mol. The maximum atomic E-state index is 12.3. The van der Waals surface area contributed by atoms with E-state index in [9.17, 15) is 4.79 Å². The molecule has 0 radical (unpaired) electrons. The van der Waals surface area contributed by atoms with Gasteiger partial charge in [0.2, 0.25) is 0 Å². The first-order valence-corrected chi connectivity index (χ1v) is 9.03. The zero-order valence-electron chi connectivity index (χ0n) is 14.8. The molecule has 132 valence electrons. The van der Waals surface area contributed by atoms with Crippen LogP contribution in [-0.2, 0) is 11.2 Å². The quantitative estimate of drug-likeness (QED) is 0.681. The van der Waals surface area contributed by atoms with Crippen LogP contribution in [0.25, 0.3) is 21.9 Å². The number of pyridine rings is 1. The van der Waals surface area contributed by atoms with Crippen LogP contribution >= 0.6 is 15.9 Å². The summed E-state index contributed by atoms with van der Waals surface area (Å²) in [6.07, 6.45) is 2.88. The monoisotopic (exact) mass is 404 g/mol. The molecule has 1 amide bonds. The van der Waals surface area contributed by atoms with E-state index in [-0.39, 0.29) is 0 Å². The van der Waals surface area contributed by atoms with Crippen LogP contribution in [0.5, 0.6) is 0 Å². The third-order valence-corrected chi connectivity index (χ3v) is 4.08. The zero-order valence-corrected chi connectivity index (χ0v) is 16.3. The van der Waals surface area contributed by atoms with Crippen LogP contribution in [-0.4, -0.2) is 26.3 Å². The fraction of sp³-hybridized carbons (Fsp3) is 0.389. The fourth-order valence-electron chi connectivity index (χ4n) is 2.68. The number of fused-ring (bicyclic) bond motifs is 3. The van der Waals surface area contributed by atoms with Gasteiger partial charge in [0.25, 0.3) is 0 Å². The van der Waals surface area contributed by atoms with Gasteiger partial charge >= 0.3 is 6.09 Å². The molecule has 3 rings (SSSR count). The topological polar surface area (TPSA) is 69.0 Å². The van der Waals surface area contributed by atoms with Crippen molar-refractivity contribution < 1.29 is 9.53 Å². The van der Waals surface area contributed by atoms with Crippen molar-refractivity contribution in [3.63, 3.8) is 0 Å². The number of hydrogen-bond acceptors (Lipinski definition) is 4. The van der Waals surface area contributed by atoms with Crippen molar-refractivity contribution >= 4 is 44.0 Å². The summed E-state index contributed by atoms with van der Waals surface area (Å²) in [6, 6.07) is 5.87.